The van der Waals surface area contributed by atoms with E-state index >= 15 is 0 Å². The van der Waals surface area contributed by atoms with Crippen LogP contribution in [0.4, 0.5) is 4.79 Å². The normalized spacial score (nSPS) is 19.7. The molecule has 2 aromatic carbocycles. The number of hydrogen-bond donors (Lipinski definition) is 3. The molecule has 0 bridgehead atoms. The minimum atomic E-state index is -0.882. The number of carboxylic acid groups (broad SMARTS) is 1. The van der Waals surface area contributed by atoms with E-state index in [0.29, 0.717) is 12.8 Å². The molecule has 1 saturated heterocycles. The Balaban J connectivity index is 1.25. The number of hydrogen-bond acceptors (Lipinski definition) is 5. The zero-order valence-corrected chi connectivity index (χ0v) is 19.2. The lowest BCUT2D eigenvalue weighted by Gasteiger charge is -2.19. The standard InChI is InChI=1S/C26H30N2O6/c1-2-17(12-24(29)27-13-18-11-16(14-33-18)25(30)31)28-26(32)34-15-23-21-9-5-3-7-19(21)20-8-4-6-10-22(20)23/h3-10,16-18,23H,2,11-15H2,1H3,(H,27,29)(H,28,32)(H,30,31). The first-order valence-electron chi connectivity index (χ1n) is 11.7. The number of benzene rings is 2. The summed E-state index contributed by atoms with van der Waals surface area (Å²) in [6.07, 6.45) is 0.198. The second-order valence-corrected chi connectivity index (χ2v) is 8.81. The average molecular weight is 467 g/mol. The topological polar surface area (TPSA) is 114 Å². The van der Waals surface area contributed by atoms with Crippen molar-refractivity contribution in [2.24, 2.45) is 5.92 Å². The molecule has 180 valence electrons. The molecule has 0 aromatic heterocycles. The monoisotopic (exact) mass is 466 g/mol. The van der Waals surface area contributed by atoms with E-state index in [0.717, 1.165) is 22.3 Å². The summed E-state index contributed by atoms with van der Waals surface area (Å²) in [5, 5.41) is 14.6. The molecule has 2 aromatic rings. The van der Waals surface area contributed by atoms with Crippen molar-refractivity contribution < 1.29 is 29.0 Å². The Morgan fingerprint density at radius 2 is 1.74 bits per heavy atom. The largest absolute Gasteiger partial charge is 0.481 e. The Kier molecular flexibility index (Phi) is 7.47. The van der Waals surface area contributed by atoms with Crippen LogP contribution in [0, 0.1) is 5.92 Å². The van der Waals surface area contributed by atoms with Crippen molar-refractivity contribution in [3.63, 3.8) is 0 Å². The first kappa shape index (κ1) is 23.8. The summed E-state index contributed by atoms with van der Waals surface area (Å²) in [7, 11) is 0. The fourth-order valence-corrected chi connectivity index (χ4v) is 4.65. The minimum Gasteiger partial charge on any atom is -0.481 e. The molecule has 4 rings (SSSR count). The molecule has 1 fully saturated rings. The van der Waals surface area contributed by atoms with Crippen LogP contribution < -0.4 is 10.6 Å². The van der Waals surface area contributed by atoms with Gasteiger partial charge in [-0.2, -0.15) is 0 Å². The molecule has 34 heavy (non-hydrogen) atoms. The van der Waals surface area contributed by atoms with Crippen LogP contribution in [0.15, 0.2) is 48.5 Å². The van der Waals surface area contributed by atoms with Gasteiger partial charge >= 0.3 is 12.1 Å². The van der Waals surface area contributed by atoms with Crippen molar-refractivity contribution in [1.29, 1.82) is 0 Å². The van der Waals surface area contributed by atoms with Gasteiger partial charge in [0, 0.05) is 24.9 Å². The van der Waals surface area contributed by atoms with Crippen LogP contribution in [0.3, 0.4) is 0 Å². The summed E-state index contributed by atoms with van der Waals surface area (Å²) < 4.78 is 11.0. The van der Waals surface area contributed by atoms with E-state index in [1.165, 1.54) is 0 Å². The number of ether oxygens (including phenoxy) is 2. The fourth-order valence-electron chi connectivity index (χ4n) is 4.65. The lowest BCUT2D eigenvalue weighted by atomic mass is 9.98. The quantitative estimate of drug-likeness (QED) is 0.523. The number of alkyl carbamates (subject to hydrolysis) is 1. The van der Waals surface area contributed by atoms with Crippen molar-refractivity contribution >= 4 is 18.0 Å². The molecule has 3 unspecified atom stereocenters. The van der Waals surface area contributed by atoms with E-state index in [9.17, 15) is 14.4 Å². The Bertz CT molecular complexity index is 1010. The predicted octanol–water partition coefficient (Wildman–Crippen LogP) is 3.30. The average Bonchev–Trinajstić information content (AvgIpc) is 3.44. The molecule has 8 heteroatoms. The van der Waals surface area contributed by atoms with Crippen LogP contribution in [0.2, 0.25) is 0 Å². The van der Waals surface area contributed by atoms with Crippen molar-refractivity contribution in [2.45, 2.75) is 44.2 Å². The van der Waals surface area contributed by atoms with Gasteiger partial charge in [0.2, 0.25) is 5.91 Å². The smallest absolute Gasteiger partial charge is 0.407 e. The molecule has 0 radical (unpaired) electrons. The van der Waals surface area contributed by atoms with Gasteiger partial charge in [0.25, 0.3) is 0 Å². The highest BCUT2D eigenvalue weighted by Crippen LogP contribution is 2.44. The number of carbonyl (C=O) groups is 3. The SMILES string of the molecule is CCC(CC(=O)NCC1CC(C(=O)O)CO1)NC(=O)OCC1c2ccccc2-c2ccccc21. The molecule has 2 aliphatic rings. The summed E-state index contributed by atoms with van der Waals surface area (Å²) in [6.45, 7) is 2.52. The van der Waals surface area contributed by atoms with Gasteiger partial charge in [0.15, 0.2) is 0 Å². The van der Waals surface area contributed by atoms with Crippen LogP contribution in [0.25, 0.3) is 11.1 Å². The highest BCUT2D eigenvalue weighted by Gasteiger charge is 2.31. The summed E-state index contributed by atoms with van der Waals surface area (Å²) in [6, 6.07) is 15.9. The molecule has 1 aliphatic carbocycles. The van der Waals surface area contributed by atoms with Gasteiger partial charge < -0.3 is 25.2 Å². The highest BCUT2D eigenvalue weighted by atomic mass is 16.5. The number of carbonyl (C=O) groups excluding carboxylic acids is 2. The number of carboxylic acids is 1. The van der Waals surface area contributed by atoms with Gasteiger partial charge in [-0.1, -0.05) is 55.5 Å². The van der Waals surface area contributed by atoms with Crippen molar-refractivity contribution in [1.82, 2.24) is 10.6 Å². The summed E-state index contributed by atoms with van der Waals surface area (Å²) in [4.78, 5) is 35.8. The van der Waals surface area contributed by atoms with E-state index in [1.807, 2.05) is 31.2 Å². The van der Waals surface area contributed by atoms with Crippen LogP contribution >= 0.6 is 0 Å². The fraction of sp³-hybridized carbons (Fsp3) is 0.423. The molecule has 1 aliphatic heterocycles. The third kappa shape index (κ3) is 5.39. The van der Waals surface area contributed by atoms with Crippen LogP contribution in [-0.2, 0) is 19.1 Å². The van der Waals surface area contributed by atoms with Gasteiger partial charge in [-0.05, 0) is 35.1 Å². The van der Waals surface area contributed by atoms with Crippen molar-refractivity contribution in [2.75, 3.05) is 19.8 Å². The van der Waals surface area contributed by atoms with Crippen molar-refractivity contribution in [3.05, 3.63) is 59.7 Å². The molecule has 3 N–H and O–H groups in total. The first-order valence-corrected chi connectivity index (χ1v) is 11.7. The third-order valence-electron chi connectivity index (χ3n) is 6.55. The zero-order valence-electron chi connectivity index (χ0n) is 19.2. The maximum Gasteiger partial charge on any atom is 0.407 e. The summed E-state index contributed by atoms with van der Waals surface area (Å²) >= 11 is 0. The number of rotatable bonds is 9. The maximum absolute atomic E-state index is 12.5. The predicted molar refractivity (Wildman–Crippen MR) is 125 cm³/mol. The molecular weight excluding hydrogens is 436 g/mol. The molecule has 1 heterocycles. The molecule has 0 spiro atoms. The van der Waals surface area contributed by atoms with Gasteiger partial charge in [0.1, 0.15) is 6.61 Å². The van der Waals surface area contributed by atoms with Crippen LogP contribution in [0.1, 0.15) is 43.2 Å². The zero-order chi connectivity index (χ0) is 24.1. The van der Waals surface area contributed by atoms with Gasteiger partial charge in [-0.3, -0.25) is 9.59 Å². The van der Waals surface area contributed by atoms with Gasteiger partial charge in [-0.15, -0.1) is 0 Å². The minimum absolute atomic E-state index is 0.0254. The number of nitrogens with one attached hydrogen (secondary N) is 2. The van der Waals surface area contributed by atoms with E-state index in [4.69, 9.17) is 14.6 Å². The Hall–Kier alpha value is -3.39. The van der Waals surface area contributed by atoms with E-state index in [-0.39, 0.29) is 50.2 Å². The summed E-state index contributed by atoms with van der Waals surface area (Å²) in [5.74, 6) is -1.66. The van der Waals surface area contributed by atoms with Crippen LogP contribution in [-0.4, -0.2) is 55.0 Å². The van der Waals surface area contributed by atoms with Gasteiger partial charge in [0.05, 0.1) is 18.6 Å². The highest BCUT2D eigenvalue weighted by molar-refractivity contribution is 5.79. The molecule has 2 amide bonds. The molecule has 0 saturated carbocycles. The second kappa shape index (κ2) is 10.7. The Morgan fingerprint density at radius 1 is 1.09 bits per heavy atom. The molecular formula is C26H30N2O6. The van der Waals surface area contributed by atoms with Crippen LogP contribution in [0.5, 0.6) is 0 Å². The summed E-state index contributed by atoms with van der Waals surface area (Å²) in [5.41, 5.74) is 4.61. The Morgan fingerprint density at radius 3 is 2.32 bits per heavy atom. The van der Waals surface area contributed by atoms with E-state index < -0.39 is 18.0 Å². The lowest BCUT2D eigenvalue weighted by Crippen LogP contribution is -2.41. The van der Waals surface area contributed by atoms with Gasteiger partial charge in [-0.25, -0.2) is 4.79 Å². The lowest BCUT2D eigenvalue weighted by molar-refractivity contribution is -0.141. The van der Waals surface area contributed by atoms with E-state index in [1.54, 1.807) is 0 Å². The second-order valence-electron chi connectivity index (χ2n) is 8.81. The number of aliphatic carboxylic acids is 1. The van der Waals surface area contributed by atoms with Crippen molar-refractivity contribution in [3.8, 4) is 11.1 Å². The maximum atomic E-state index is 12.5. The van der Waals surface area contributed by atoms with E-state index in [2.05, 4.69) is 34.9 Å². The number of amides is 2. The molecule has 8 nitrogen and oxygen atoms in total. The first-order chi connectivity index (χ1) is 16.5. The number of fused-ring (bicyclic) bond motifs is 3. The molecule has 3 atom stereocenters. The Labute approximate surface area is 198 Å². The third-order valence-corrected chi connectivity index (χ3v) is 6.55.